The van der Waals surface area contributed by atoms with Crippen LogP contribution in [0.1, 0.15) is 18.1 Å². The van der Waals surface area contributed by atoms with Crippen LogP contribution in [0.25, 0.3) is 31.8 Å². The SMILES string of the molecule is COc1cnc2c(-c3nc4cc(F)c5c(c4s3)C[C@@](C)(COP(=O)(OCCSI)OCCSI)O5)cc(C)cc2n1. The molecule has 0 bridgehead atoms. The number of phosphoric ester groups is 1. The van der Waals surface area contributed by atoms with Crippen LogP contribution in [-0.4, -0.2) is 59.0 Å². The van der Waals surface area contributed by atoms with E-state index in [2.05, 4.69) is 52.4 Å². The van der Waals surface area contributed by atoms with E-state index in [0.29, 0.717) is 50.9 Å². The Kier molecular flexibility index (Phi) is 10.6. The minimum absolute atomic E-state index is 0.111. The number of fused-ring (bicyclic) bond motifs is 4. The van der Waals surface area contributed by atoms with Crippen molar-refractivity contribution in [2.45, 2.75) is 25.9 Å². The second-order valence-corrected chi connectivity index (χ2v) is 17.0. The first kappa shape index (κ1) is 31.9. The van der Waals surface area contributed by atoms with Crippen molar-refractivity contribution in [1.29, 1.82) is 0 Å². The number of nitrogens with zero attached hydrogens (tertiary/aromatic N) is 3. The highest BCUT2D eigenvalue weighted by molar-refractivity contribution is 14.2. The number of benzene rings is 2. The Balaban J connectivity index is 1.43. The van der Waals surface area contributed by atoms with E-state index in [1.165, 1.54) is 35.3 Å². The Morgan fingerprint density at radius 1 is 1.12 bits per heavy atom. The summed E-state index contributed by atoms with van der Waals surface area (Å²) in [6.45, 7) is 4.08. The second kappa shape index (κ2) is 13.6. The first-order valence-electron chi connectivity index (χ1n) is 12.3. The fraction of sp³-hybridized carbons (Fsp3) is 0.400. The zero-order valence-electron chi connectivity index (χ0n) is 22.1. The van der Waals surface area contributed by atoms with Gasteiger partial charge in [0.25, 0.3) is 0 Å². The number of halogens is 3. The zero-order valence-corrected chi connectivity index (χ0v) is 29.8. The number of aromatic nitrogens is 3. The first-order valence-corrected chi connectivity index (χ1v) is 21.6. The molecule has 41 heavy (non-hydrogen) atoms. The van der Waals surface area contributed by atoms with Gasteiger partial charge in [0.1, 0.15) is 10.6 Å². The van der Waals surface area contributed by atoms with Crippen LogP contribution in [0.4, 0.5) is 4.39 Å². The summed E-state index contributed by atoms with van der Waals surface area (Å²) in [6, 6.07) is 5.32. The smallest absolute Gasteiger partial charge is 0.474 e. The van der Waals surface area contributed by atoms with Crippen molar-refractivity contribution in [1.82, 2.24) is 15.0 Å². The molecule has 0 aliphatic carbocycles. The number of thiazole rings is 1. The van der Waals surface area contributed by atoms with E-state index in [1.54, 1.807) is 20.2 Å². The second-order valence-electron chi connectivity index (χ2n) is 9.37. The summed E-state index contributed by atoms with van der Waals surface area (Å²) in [5.41, 5.74) is 3.39. The molecule has 2 aromatic carbocycles. The molecule has 5 rings (SSSR count). The summed E-state index contributed by atoms with van der Waals surface area (Å²) in [6.07, 6.45) is 1.90. The van der Waals surface area contributed by atoms with E-state index in [4.69, 9.17) is 28.0 Å². The fourth-order valence-corrected chi connectivity index (χ4v) is 8.40. The molecule has 0 N–H and O–H groups in total. The Morgan fingerprint density at radius 2 is 1.85 bits per heavy atom. The summed E-state index contributed by atoms with van der Waals surface area (Å²) in [5.74, 6) is 1.32. The molecule has 1 aliphatic heterocycles. The molecule has 0 saturated heterocycles. The van der Waals surface area contributed by atoms with E-state index in [-0.39, 0.29) is 25.6 Å². The number of hydrogen-bond donors (Lipinski definition) is 0. The molecule has 0 amide bonds. The third kappa shape index (κ3) is 7.24. The summed E-state index contributed by atoms with van der Waals surface area (Å²) in [7, 11) is 0.778. The van der Waals surface area contributed by atoms with Crippen molar-refractivity contribution >= 4 is 101 Å². The Labute approximate surface area is 273 Å². The van der Waals surface area contributed by atoms with Gasteiger partial charge in [-0.1, -0.05) is 17.9 Å². The van der Waals surface area contributed by atoms with Crippen molar-refractivity contribution in [3.05, 3.63) is 41.3 Å². The molecule has 0 saturated carbocycles. The van der Waals surface area contributed by atoms with Crippen LogP contribution in [0.2, 0.25) is 0 Å². The molecule has 0 unspecified atom stereocenters. The van der Waals surface area contributed by atoms with Gasteiger partial charge in [0, 0.05) is 35.1 Å². The molecule has 3 heterocycles. The third-order valence-corrected chi connectivity index (χ3v) is 12.0. The van der Waals surface area contributed by atoms with Crippen LogP contribution in [0.5, 0.6) is 11.6 Å². The first-order chi connectivity index (χ1) is 19.7. The van der Waals surface area contributed by atoms with E-state index < -0.39 is 19.2 Å². The molecule has 1 atom stereocenters. The van der Waals surface area contributed by atoms with Gasteiger partial charge in [-0.25, -0.2) is 23.9 Å². The Bertz CT molecular complexity index is 1620. The number of hydrogen-bond acceptors (Lipinski definition) is 12. The molecule has 220 valence electrons. The minimum atomic E-state index is -3.84. The molecule has 0 radical (unpaired) electrons. The van der Waals surface area contributed by atoms with Gasteiger partial charge in [-0.05, 0) is 74.0 Å². The standard InChI is InChI=1S/C25H25FI2N3O6PS3/c1-14-8-15(21-18(9-14)30-20(33-3)12-29-21)24-31-19-10-17(26)22-16(23(19)41-24)11-25(2,37-22)13-36-38(32,34-4-6-39-27)35-5-7-40-28/h8-10,12H,4-7,11,13H2,1-3H3/t25-/m0/s1. The fourth-order valence-electron chi connectivity index (χ4n) is 4.40. The van der Waals surface area contributed by atoms with Crippen LogP contribution >= 0.6 is 79.4 Å². The van der Waals surface area contributed by atoms with E-state index in [1.807, 2.05) is 19.1 Å². The van der Waals surface area contributed by atoms with Crippen molar-refractivity contribution < 1.29 is 32.0 Å². The van der Waals surface area contributed by atoms with Crippen LogP contribution in [0.3, 0.4) is 0 Å². The molecule has 1 aliphatic rings. The lowest BCUT2D eigenvalue weighted by molar-refractivity contribution is 0.0260. The highest BCUT2D eigenvalue weighted by Gasteiger charge is 2.42. The van der Waals surface area contributed by atoms with Crippen LogP contribution in [0, 0.1) is 12.7 Å². The highest BCUT2D eigenvalue weighted by Crippen LogP contribution is 2.52. The van der Waals surface area contributed by atoms with Crippen molar-refractivity contribution in [2.75, 3.05) is 38.4 Å². The van der Waals surface area contributed by atoms with Gasteiger partial charge >= 0.3 is 7.82 Å². The maximum atomic E-state index is 15.3. The molecule has 0 spiro atoms. The van der Waals surface area contributed by atoms with Crippen LogP contribution in [0.15, 0.2) is 24.4 Å². The summed E-state index contributed by atoms with van der Waals surface area (Å²) < 4.78 is 57.6. The molecule has 4 aromatic rings. The summed E-state index contributed by atoms with van der Waals surface area (Å²) in [5, 5.41) is 0.693. The van der Waals surface area contributed by atoms with Gasteiger partial charge in [-0.2, -0.15) is 0 Å². The van der Waals surface area contributed by atoms with Gasteiger partial charge in [0.15, 0.2) is 11.6 Å². The largest absolute Gasteiger partial charge is 0.481 e. The van der Waals surface area contributed by atoms with Crippen molar-refractivity contribution in [2.24, 2.45) is 0 Å². The normalized spacial score (nSPS) is 16.8. The average molecular weight is 863 g/mol. The predicted molar refractivity (Wildman–Crippen MR) is 181 cm³/mol. The molecule has 16 heteroatoms. The number of methoxy groups -OCH3 is 1. The van der Waals surface area contributed by atoms with Gasteiger partial charge in [0.2, 0.25) is 5.88 Å². The van der Waals surface area contributed by atoms with Crippen LogP contribution < -0.4 is 9.47 Å². The average Bonchev–Trinajstić information content (AvgIpc) is 3.53. The lowest BCUT2D eigenvalue weighted by Gasteiger charge is -2.26. The Morgan fingerprint density at radius 3 is 2.54 bits per heavy atom. The third-order valence-electron chi connectivity index (χ3n) is 6.14. The predicted octanol–water partition coefficient (Wildman–Crippen LogP) is 8.38. The summed E-state index contributed by atoms with van der Waals surface area (Å²) in [4.78, 5) is 13.9. The topological polar surface area (TPSA) is 102 Å². The molecule has 9 nitrogen and oxygen atoms in total. The van der Waals surface area contributed by atoms with Crippen LogP contribution in [-0.2, 0) is 24.6 Å². The monoisotopic (exact) mass is 863 g/mol. The molecule has 2 aromatic heterocycles. The Hall–Kier alpha value is -0.530. The van der Waals surface area contributed by atoms with Crippen molar-refractivity contribution in [3.8, 4) is 22.2 Å². The highest BCUT2D eigenvalue weighted by atomic mass is 127. The molecular formula is C25H25FI2N3O6PS3. The number of ether oxygens (including phenoxy) is 2. The minimum Gasteiger partial charge on any atom is -0.481 e. The number of phosphoric acid groups is 1. The molecular weight excluding hydrogens is 838 g/mol. The maximum absolute atomic E-state index is 15.3. The number of aryl methyl sites for hydroxylation is 1. The van der Waals surface area contributed by atoms with Gasteiger partial charge in [-0.15, -0.1) is 11.3 Å². The van der Waals surface area contributed by atoms with E-state index in [0.717, 1.165) is 15.8 Å². The quantitative estimate of drug-likeness (QED) is 0.0737. The van der Waals surface area contributed by atoms with Gasteiger partial charge < -0.3 is 9.47 Å². The number of rotatable bonds is 13. The van der Waals surface area contributed by atoms with E-state index >= 15 is 4.39 Å². The maximum Gasteiger partial charge on any atom is 0.474 e. The van der Waals surface area contributed by atoms with Crippen molar-refractivity contribution in [3.63, 3.8) is 0 Å². The van der Waals surface area contributed by atoms with E-state index in [9.17, 15) is 4.57 Å². The van der Waals surface area contributed by atoms with Gasteiger partial charge in [0.05, 0.1) is 54.4 Å². The van der Waals surface area contributed by atoms with Gasteiger partial charge in [-0.3, -0.25) is 13.6 Å². The lowest BCUT2D eigenvalue weighted by Crippen LogP contribution is -2.36. The summed E-state index contributed by atoms with van der Waals surface area (Å²) >= 11 is 5.72. The molecule has 0 fully saturated rings. The lowest BCUT2D eigenvalue weighted by atomic mass is 10.00. The zero-order chi connectivity index (χ0) is 29.2.